The van der Waals surface area contributed by atoms with Crippen LogP contribution in [0, 0.1) is 5.41 Å². The average molecular weight is 694 g/mol. The van der Waals surface area contributed by atoms with E-state index in [4.69, 9.17) is 0 Å². The summed E-state index contributed by atoms with van der Waals surface area (Å²) in [6, 6.07) is 8.97. The number of aryl methyl sites for hydroxylation is 1. The third-order valence-corrected chi connectivity index (χ3v) is 8.99. The largest absolute Gasteiger partial charge is 0.416 e. The molecule has 4 aromatic rings. The number of anilines is 2. The number of aliphatic hydroxyl groups excluding tert-OH is 2. The number of nitrogens with zero attached hydrogens (tertiary/aromatic N) is 4. The third-order valence-electron chi connectivity index (χ3n) is 8.99. The first-order valence-corrected chi connectivity index (χ1v) is 16.6. The molecular weight excluding hydrogens is 648 g/mol. The maximum atomic E-state index is 13.3. The molecule has 1 aliphatic carbocycles. The molecular formula is C36H45F6N5O2. The van der Waals surface area contributed by atoms with Crippen molar-refractivity contribution >= 4 is 22.7 Å². The summed E-state index contributed by atoms with van der Waals surface area (Å²) >= 11 is 0. The first-order valence-electron chi connectivity index (χ1n) is 16.6. The van der Waals surface area contributed by atoms with Crippen molar-refractivity contribution in [3.05, 3.63) is 71.5 Å². The molecule has 3 N–H and O–H groups in total. The molecule has 0 unspecified atom stereocenters. The maximum absolute atomic E-state index is 13.3. The van der Waals surface area contributed by atoms with Crippen molar-refractivity contribution in [3.63, 3.8) is 0 Å². The summed E-state index contributed by atoms with van der Waals surface area (Å²) in [5.41, 5.74) is -0.755. The molecule has 0 amide bonds. The van der Waals surface area contributed by atoms with Gasteiger partial charge in [0, 0.05) is 40.5 Å². The molecule has 2 aromatic carbocycles. The quantitative estimate of drug-likeness (QED) is 0.129. The van der Waals surface area contributed by atoms with Crippen molar-refractivity contribution in [1.29, 1.82) is 0 Å². The summed E-state index contributed by atoms with van der Waals surface area (Å²) in [5, 5.41) is 22.6. The zero-order chi connectivity index (χ0) is 36.0. The van der Waals surface area contributed by atoms with Crippen LogP contribution in [-0.2, 0) is 18.8 Å². The molecule has 2 heterocycles. The van der Waals surface area contributed by atoms with Crippen LogP contribution in [0.5, 0.6) is 0 Å². The van der Waals surface area contributed by atoms with E-state index in [0.29, 0.717) is 36.0 Å². The Kier molecular flexibility index (Phi) is 12.4. The number of nitrogens with one attached hydrogen (secondary N) is 1. The van der Waals surface area contributed by atoms with Crippen LogP contribution in [0.4, 0.5) is 38.0 Å². The van der Waals surface area contributed by atoms with E-state index in [1.54, 1.807) is 0 Å². The number of halogens is 6. The highest BCUT2D eigenvalue weighted by Crippen LogP contribution is 2.50. The summed E-state index contributed by atoms with van der Waals surface area (Å²) in [6.45, 7) is 8.63. The Morgan fingerprint density at radius 1 is 0.898 bits per heavy atom. The van der Waals surface area contributed by atoms with Crippen LogP contribution in [0.15, 0.2) is 54.9 Å². The molecule has 0 spiro atoms. The normalized spacial score (nSPS) is 14.9. The van der Waals surface area contributed by atoms with Gasteiger partial charge >= 0.3 is 12.4 Å². The molecule has 268 valence electrons. The summed E-state index contributed by atoms with van der Waals surface area (Å²) in [5.74, 6) is -0.179. The zero-order valence-electron chi connectivity index (χ0n) is 28.3. The predicted molar refractivity (Wildman–Crippen MR) is 180 cm³/mol. The van der Waals surface area contributed by atoms with E-state index in [1.807, 2.05) is 42.0 Å². The molecule has 1 aliphatic rings. The van der Waals surface area contributed by atoms with Gasteiger partial charge in [-0.3, -0.25) is 0 Å². The number of alkyl halides is 6. The van der Waals surface area contributed by atoms with Gasteiger partial charge in [-0.05, 0) is 81.6 Å². The van der Waals surface area contributed by atoms with Gasteiger partial charge in [-0.1, -0.05) is 51.5 Å². The molecule has 0 bridgehead atoms. The van der Waals surface area contributed by atoms with Gasteiger partial charge in [0.25, 0.3) is 0 Å². The monoisotopic (exact) mass is 693 g/mol. The molecule has 0 radical (unpaired) electrons. The van der Waals surface area contributed by atoms with Gasteiger partial charge in [0.15, 0.2) is 0 Å². The molecule has 13 heteroatoms. The number of unbranched alkanes of at least 4 members (excludes halogenated alkanes) is 1. The second kappa shape index (κ2) is 15.9. The van der Waals surface area contributed by atoms with Crippen molar-refractivity contribution in [2.24, 2.45) is 5.41 Å². The van der Waals surface area contributed by atoms with Crippen molar-refractivity contribution in [2.75, 3.05) is 38.7 Å². The number of aliphatic hydroxyl groups is 2. The first kappa shape index (κ1) is 38.1. The van der Waals surface area contributed by atoms with Crippen LogP contribution in [0.2, 0.25) is 0 Å². The molecule has 1 saturated carbocycles. The summed E-state index contributed by atoms with van der Waals surface area (Å²) < 4.78 is 81.9. The number of aromatic nitrogens is 3. The van der Waals surface area contributed by atoms with E-state index in [0.717, 1.165) is 23.1 Å². The van der Waals surface area contributed by atoms with E-state index in [9.17, 15) is 36.6 Å². The SMILES string of the molecule is CCCCN(C)CCC.CCc1ccc(-c2cn(C3CC(CO)(CO)C3)c3nc(Nc4cc(C(F)(F)F)cc(C(F)(F)F)c4)ncc23)cc1. The fraction of sp³-hybridized carbons (Fsp3) is 0.500. The summed E-state index contributed by atoms with van der Waals surface area (Å²) in [4.78, 5) is 11.1. The van der Waals surface area contributed by atoms with Crippen LogP contribution < -0.4 is 5.32 Å². The van der Waals surface area contributed by atoms with Crippen LogP contribution in [0.25, 0.3) is 22.2 Å². The number of benzene rings is 2. The van der Waals surface area contributed by atoms with Gasteiger partial charge in [-0.25, -0.2) is 4.98 Å². The van der Waals surface area contributed by atoms with E-state index in [1.165, 1.54) is 38.5 Å². The fourth-order valence-electron chi connectivity index (χ4n) is 6.04. The Morgan fingerprint density at radius 3 is 2.02 bits per heavy atom. The number of hydrogen-bond acceptors (Lipinski definition) is 6. The lowest BCUT2D eigenvalue weighted by Gasteiger charge is -2.46. The van der Waals surface area contributed by atoms with Crippen molar-refractivity contribution in [3.8, 4) is 11.1 Å². The maximum Gasteiger partial charge on any atom is 0.416 e. The molecule has 49 heavy (non-hydrogen) atoms. The molecule has 0 atom stereocenters. The number of rotatable bonds is 12. The van der Waals surface area contributed by atoms with E-state index >= 15 is 0 Å². The Balaban J connectivity index is 0.000000529. The van der Waals surface area contributed by atoms with Crippen molar-refractivity contribution in [1.82, 2.24) is 19.4 Å². The molecule has 5 rings (SSSR count). The zero-order valence-corrected chi connectivity index (χ0v) is 28.3. The highest BCUT2D eigenvalue weighted by atomic mass is 19.4. The van der Waals surface area contributed by atoms with Crippen LogP contribution in [0.3, 0.4) is 0 Å². The van der Waals surface area contributed by atoms with Gasteiger partial charge in [-0.15, -0.1) is 0 Å². The Hall–Kier alpha value is -3.68. The highest BCUT2D eigenvalue weighted by molar-refractivity contribution is 5.94. The van der Waals surface area contributed by atoms with Crippen LogP contribution >= 0.6 is 0 Å². The third kappa shape index (κ3) is 9.31. The molecule has 0 aliphatic heterocycles. The van der Waals surface area contributed by atoms with Gasteiger partial charge in [-0.2, -0.15) is 31.3 Å². The van der Waals surface area contributed by atoms with Crippen molar-refractivity contribution in [2.45, 2.75) is 77.7 Å². The number of fused-ring (bicyclic) bond motifs is 1. The highest BCUT2D eigenvalue weighted by Gasteiger charge is 2.45. The fourth-order valence-corrected chi connectivity index (χ4v) is 6.04. The van der Waals surface area contributed by atoms with Crippen LogP contribution in [-0.4, -0.2) is 63.0 Å². The smallest absolute Gasteiger partial charge is 0.396 e. The number of hydrogen-bond donors (Lipinski definition) is 3. The molecule has 7 nitrogen and oxygen atoms in total. The lowest BCUT2D eigenvalue weighted by Crippen LogP contribution is -2.44. The van der Waals surface area contributed by atoms with Crippen molar-refractivity contribution < 1.29 is 36.6 Å². The van der Waals surface area contributed by atoms with E-state index in [2.05, 4.69) is 41.1 Å². The van der Waals surface area contributed by atoms with E-state index in [-0.39, 0.29) is 31.3 Å². The lowest BCUT2D eigenvalue weighted by molar-refractivity contribution is -0.143. The van der Waals surface area contributed by atoms with E-state index < -0.39 is 34.6 Å². The second-order valence-electron chi connectivity index (χ2n) is 12.9. The Morgan fingerprint density at radius 2 is 1.51 bits per heavy atom. The first-order chi connectivity index (χ1) is 23.2. The van der Waals surface area contributed by atoms with Gasteiger partial charge in [0.1, 0.15) is 5.65 Å². The minimum absolute atomic E-state index is 0.0572. The second-order valence-corrected chi connectivity index (χ2v) is 12.9. The van der Waals surface area contributed by atoms with Gasteiger partial charge in [0.05, 0.1) is 24.3 Å². The van der Waals surface area contributed by atoms with Crippen LogP contribution in [0.1, 0.15) is 75.6 Å². The topological polar surface area (TPSA) is 86.4 Å². The van der Waals surface area contributed by atoms with Gasteiger partial charge in [0.2, 0.25) is 5.95 Å². The Labute approximate surface area is 283 Å². The Bertz CT molecular complexity index is 1630. The minimum atomic E-state index is -4.99. The van der Waals surface area contributed by atoms with Gasteiger partial charge < -0.3 is 25.0 Å². The average Bonchev–Trinajstić information content (AvgIpc) is 3.42. The summed E-state index contributed by atoms with van der Waals surface area (Å²) in [7, 11) is 2.19. The molecule has 1 fully saturated rings. The lowest BCUT2D eigenvalue weighted by atomic mass is 9.66. The standard InChI is InChI=1S/C28H26F6N4O2.C8H19N/c1-2-16-3-5-17(6-4-16)23-13-38(21-10-26(11-21,14-39)15-40)24-22(23)12-35-25(37-24)36-20-8-18(27(29,30)31)7-19(9-20)28(32,33)34;1-4-6-8-9(3)7-5-2/h3-9,12-13,21,39-40H,2,10-11,14-15H2,1H3,(H,35,36,37);4-8H2,1-3H3. The minimum Gasteiger partial charge on any atom is -0.396 e. The molecule has 0 saturated heterocycles. The summed E-state index contributed by atoms with van der Waals surface area (Å²) in [6.07, 6.45) is -0.902. The molecule has 2 aromatic heterocycles. The predicted octanol–water partition coefficient (Wildman–Crippen LogP) is 8.88.